The monoisotopic (exact) mass is 309 g/mol. The van der Waals surface area contributed by atoms with E-state index in [9.17, 15) is 9.59 Å². The lowest BCUT2D eigenvalue weighted by Crippen LogP contribution is -2.43. The molecule has 2 rings (SSSR count). The zero-order valence-corrected chi connectivity index (χ0v) is 12.5. The molecule has 1 aromatic rings. The summed E-state index contributed by atoms with van der Waals surface area (Å²) in [5, 5.41) is 11.5. The smallest absolute Gasteiger partial charge is 0.326 e. The van der Waals surface area contributed by atoms with Gasteiger partial charge in [-0.3, -0.25) is 4.79 Å². The molecule has 0 radical (unpaired) electrons. The molecule has 1 amide bonds. The van der Waals surface area contributed by atoms with E-state index in [-0.39, 0.29) is 19.3 Å². The second kappa shape index (κ2) is 7.02. The number of aliphatic carboxylic acids is 1. The molecule has 0 aromatic heterocycles. The Labute approximate surface area is 128 Å². The van der Waals surface area contributed by atoms with Crippen LogP contribution < -0.4 is 19.5 Å². The van der Waals surface area contributed by atoms with Crippen LogP contribution in [-0.4, -0.2) is 36.4 Å². The average Bonchev–Trinajstić information content (AvgIpc) is 2.91. The Bertz CT molecular complexity index is 557. The topological polar surface area (TPSA) is 94.1 Å². The van der Waals surface area contributed by atoms with Crippen LogP contribution in [0.25, 0.3) is 0 Å². The molecule has 0 saturated carbocycles. The van der Waals surface area contributed by atoms with Gasteiger partial charge >= 0.3 is 5.97 Å². The van der Waals surface area contributed by atoms with Crippen molar-refractivity contribution in [2.45, 2.75) is 26.3 Å². The molecule has 0 fully saturated rings. The first-order valence-electron chi connectivity index (χ1n) is 7.00. The molecule has 0 saturated heterocycles. The summed E-state index contributed by atoms with van der Waals surface area (Å²) in [6.45, 7) is 3.69. The number of hydrogen-bond acceptors (Lipinski definition) is 5. The molecule has 7 nitrogen and oxygen atoms in total. The minimum atomic E-state index is -1.05. The summed E-state index contributed by atoms with van der Waals surface area (Å²) in [5.41, 5.74) is 0. The molecular formula is C15H19NO6. The third-order valence-electron chi connectivity index (χ3n) is 3.05. The van der Waals surface area contributed by atoms with Gasteiger partial charge in [-0.25, -0.2) is 4.79 Å². The number of carbonyl (C=O) groups excluding carboxylic acids is 1. The zero-order chi connectivity index (χ0) is 16.1. The van der Waals surface area contributed by atoms with Gasteiger partial charge in [-0.1, -0.05) is 13.8 Å². The van der Waals surface area contributed by atoms with E-state index in [0.717, 1.165) is 0 Å². The van der Waals surface area contributed by atoms with Gasteiger partial charge in [0, 0.05) is 6.07 Å². The Morgan fingerprint density at radius 1 is 1.32 bits per heavy atom. The Hall–Kier alpha value is -2.44. The predicted octanol–water partition coefficient (Wildman–Crippen LogP) is 1.41. The molecule has 2 N–H and O–H groups in total. The van der Waals surface area contributed by atoms with Crippen molar-refractivity contribution in [3.63, 3.8) is 0 Å². The number of ether oxygens (including phenoxy) is 3. The molecule has 120 valence electrons. The fourth-order valence-electron chi connectivity index (χ4n) is 2.04. The summed E-state index contributed by atoms with van der Waals surface area (Å²) in [6, 6.07) is 4.06. The van der Waals surface area contributed by atoms with Crippen LogP contribution in [0.5, 0.6) is 17.2 Å². The van der Waals surface area contributed by atoms with Gasteiger partial charge in [0.25, 0.3) is 5.91 Å². The van der Waals surface area contributed by atoms with Crippen molar-refractivity contribution in [1.29, 1.82) is 0 Å². The van der Waals surface area contributed by atoms with Crippen molar-refractivity contribution < 1.29 is 28.9 Å². The molecule has 7 heteroatoms. The van der Waals surface area contributed by atoms with Crippen molar-refractivity contribution >= 4 is 11.9 Å². The molecule has 1 atom stereocenters. The van der Waals surface area contributed by atoms with Crippen molar-refractivity contribution in [3.8, 4) is 17.2 Å². The zero-order valence-electron chi connectivity index (χ0n) is 12.5. The number of benzene rings is 1. The molecule has 1 unspecified atom stereocenters. The first-order chi connectivity index (χ1) is 10.5. The number of rotatable bonds is 7. The van der Waals surface area contributed by atoms with E-state index < -0.39 is 17.9 Å². The summed E-state index contributed by atoms with van der Waals surface area (Å²) in [6.07, 6.45) is 0.366. The maximum atomic E-state index is 11.8. The van der Waals surface area contributed by atoms with Gasteiger partial charge in [0.2, 0.25) is 6.79 Å². The summed E-state index contributed by atoms with van der Waals surface area (Å²) >= 11 is 0. The molecular weight excluding hydrogens is 290 g/mol. The summed E-state index contributed by atoms with van der Waals surface area (Å²) < 4.78 is 15.7. The minimum Gasteiger partial charge on any atom is -0.484 e. The number of carboxylic acids is 1. The molecule has 0 spiro atoms. The molecule has 0 aliphatic carbocycles. The maximum absolute atomic E-state index is 11.8. The highest BCUT2D eigenvalue weighted by molar-refractivity contribution is 5.84. The van der Waals surface area contributed by atoms with Crippen molar-refractivity contribution in [2.24, 2.45) is 5.92 Å². The van der Waals surface area contributed by atoms with E-state index in [1.807, 2.05) is 13.8 Å². The van der Waals surface area contributed by atoms with Crippen LogP contribution in [-0.2, 0) is 9.59 Å². The largest absolute Gasteiger partial charge is 0.484 e. The normalized spacial score (nSPS) is 13.8. The van der Waals surface area contributed by atoms with Gasteiger partial charge in [0.05, 0.1) is 0 Å². The highest BCUT2D eigenvalue weighted by Gasteiger charge is 2.21. The van der Waals surface area contributed by atoms with E-state index in [0.29, 0.717) is 23.7 Å². The fraction of sp³-hybridized carbons (Fsp3) is 0.467. The van der Waals surface area contributed by atoms with Crippen molar-refractivity contribution in [2.75, 3.05) is 13.4 Å². The number of hydrogen-bond donors (Lipinski definition) is 2. The predicted molar refractivity (Wildman–Crippen MR) is 77.1 cm³/mol. The lowest BCUT2D eigenvalue weighted by Gasteiger charge is -2.16. The van der Waals surface area contributed by atoms with Crippen LogP contribution in [0.4, 0.5) is 0 Å². The quantitative estimate of drug-likeness (QED) is 0.791. The maximum Gasteiger partial charge on any atom is 0.326 e. The van der Waals surface area contributed by atoms with Crippen LogP contribution in [0.15, 0.2) is 18.2 Å². The second-order valence-corrected chi connectivity index (χ2v) is 5.39. The first-order valence-corrected chi connectivity index (χ1v) is 7.00. The van der Waals surface area contributed by atoms with Gasteiger partial charge in [-0.2, -0.15) is 0 Å². The first kappa shape index (κ1) is 15.9. The number of carbonyl (C=O) groups is 2. The third kappa shape index (κ3) is 4.28. The highest BCUT2D eigenvalue weighted by Crippen LogP contribution is 2.34. The molecule has 0 bridgehead atoms. The van der Waals surface area contributed by atoms with Crippen molar-refractivity contribution in [3.05, 3.63) is 18.2 Å². The van der Waals surface area contributed by atoms with Gasteiger partial charge < -0.3 is 24.6 Å². The Morgan fingerprint density at radius 3 is 2.73 bits per heavy atom. The van der Waals surface area contributed by atoms with E-state index >= 15 is 0 Å². The Kier molecular flexibility index (Phi) is 5.08. The number of fused-ring (bicyclic) bond motifs is 1. The SMILES string of the molecule is CC(C)CC(NC(=O)COc1ccc2c(c1)OCO2)C(=O)O. The van der Waals surface area contributed by atoms with Gasteiger partial charge in [0.15, 0.2) is 18.1 Å². The second-order valence-electron chi connectivity index (χ2n) is 5.39. The van der Waals surface area contributed by atoms with Crippen LogP contribution in [0.3, 0.4) is 0 Å². The van der Waals surface area contributed by atoms with E-state index in [2.05, 4.69) is 5.32 Å². The number of carboxylic acid groups (broad SMARTS) is 1. The van der Waals surface area contributed by atoms with E-state index in [4.69, 9.17) is 19.3 Å². The molecule has 1 aromatic carbocycles. The lowest BCUT2D eigenvalue weighted by molar-refractivity contribution is -0.142. The minimum absolute atomic E-state index is 0.161. The standard InChI is InChI=1S/C15H19NO6/c1-9(2)5-11(15(18)19)16-14(17)7-20-10-3-4-12-13(6-10)22-8-21-12/h3-4,6,9,11H,5,7-8H2,1-2H3,(H,16,17)(H,18,19). The van der Waals surface area contributed by atoms with Crippen LogP contribution >= 0.6 is 0 Å². The Morgan fingerprint density at radius 2 is 2.05 bits per heavy atom. The van der Waals surface area contributed by atoms with Crippen LogP contribution in [0.1, 0.15) is 20.3 Å². The van der Waals surface area contributed by atoms with Crippen molar-refractivity contribution in [1.82, 2.24) is 5.32 Å². The van der Waals surface area contributed by atoms with E-state index in [1.54, 1.807) is 18.2 Å². The number of amides is 1. The van der Waals surface area contributed by atoms with Crippen LogP contribution in [0, 0.1) is 5.92 Å². The average molecular weight is 309 g/mol. The lowest BCUT2D eigenvalue weighted by atomic mass is 10.0. The molecule has 1 aliphatic heterocycles. The highest BCUT2D eigenvalue weighted by atomic mass is 16.7. The van der Waals surface area contributed by atoms with Crippen LogP contribution in [0.2, 0.25) is 0 Å². The van der Waals surface area contributed by atoms with Gasteiger partial charge in [-0.05, 0) is 24.5 Å². The third-order valence-corrected chi connectivity index (χ3v) is 3.05. The number of nitrogens with one attached hydrogen (secondary N) is 1. The van der Waals surface area contributed by atoms with E-state index in [1.165, 1.54) is 0 Å². The summed E-state index contributed by atoms with van der Waals surface area (Å²) in [4.78, 5) is 22.9. The molecule has 1 aliphatic rings. The van der Waals surface area contributed by atoms with Gasteiger partial charge in [-0.15, -0.1) is 0 Å². The summed E-state index contributed by atoms with van der Waals surface area (Å²) in [7, 11) is 0. The van der Waals surface area contributed by atoms with Gasteiger partial charge in [0.1, 0.15) is 11.8 Å². The molecule has 22 heavy (non-hydrogen) atoms. The summed E-state index contributed by atoms with van der Waals surface area (Å²) in [5.74, 6) is 0.267. The Balaban J connectivity index is 1.85. The fourth-order valence-corrected chi connectivity index (χ4v) is 2.04. The molecule has 1 heterocycles.